The number of rotatable bonds is 3. The van der Waals surface area contributed by atoms with Gasteiger partial charge in [-0.3, -0.25) is 0 Å². The summed E-state index contributed by atoms with van der Waals surface area (Å²) in [4.78, 5) is 0. The first-order valence-electron chi connectivity index (χ1n) is 7.09. The van der Waals surface area contributed by atoms with Gasteiger partial charge >= 0.3 is 0 Å². The summed E-state index contributed by atoms with van der Waals surface area (Å²) in [5.41, 5.74) is 12.0. The van der Waals surface area contributed by atoms with Crippen LogP contribution in [0, 0.1) is 0 Å². The third-order valence-corrected chi connectivity index (χ3v) is 3.95. The number of nitrogens with one attached hydrogen (secondary N) is 1. The van der Waals surface area contributed by atoms with Crippen LogP contribution in [0.1, 0.15) is 24.0 Å². The molecule has 0 bridgehead atoms. The van der Waals surface area contributed by atoms with Gasteiger partial charge in [-0.25, -0.2) is 0 Å². The van der Waals surface area contributed by atoms with Crippen LogP contribution < -0.4 is 15.8 Å². The van der Waals surface area contributed by atoms with Gasteiger partial charge in [0, 0.05) is 5.69 Å². The molecule has 0 heterocycles. The molecular weight excluding hydrogens is 248 g/mol. The number of nitrogen functional groups attached to an aromatic ring is 1. The van der Waals surface area contributed by atoms with Gasteiger partial charge in [-0.15, -0.1) is 0 Å². The van der Waals surface area contributed by atoms with E-state index in [2.05, 4.69) is 17.4 Å². The summed E-state index contributed by atoms with van der Waals surface area (Å²) in [6, 6.07) is 12.2. The summed E-state index contributed by atoms with van der Waals surface area (Å²) in [5, 5.41) is 3.39. The van der Waals surface area contributed by atoms with Crippen molar-refractivity contribution in [3.8, 4) is 5.75 Å². The van der Waals surface area contributed by atoms with Gasteiger partial charge in [-0.05, 0) is 67.1 Å². The lowest BCUT2D eigenvalue weighted by Gasteiger charge is -2.20. The van der Waals surface area contributed by atoms with Gasteiger partial charge in [0.1, 0.15) is 5.75 Å². The number of ether oxygens (including phenoxy) is 1. The van der Waals surface area contributed by atoms with E-state index in [-0.39, 0.29) is 0 Å². The van der Waals surface area contributed by atoms with Gasteiger partial charge in [0.15, 0.2) is 0 Å². The highest BCUT2D eigenvalue weighted by Crippen LogP contribution is 2.33. The molecule has 0 saturated carbocycles. The van der Waals surface area contributed by atoms with E-state index in [1.165, 1.54) is 24.0 Å². The highest BCUT2D eigenvalue weighted by Gasteiger charge is 2.14. The van der Waals surface area contributed by atoms with E-state index in [1.807, 2.05) is 24.3 Å². The van der Waals surface area contributed by atoms with Crippen LogP contribution in [0.4, 0.5) is 17.1 Å². The number of fused-ring (bicyclic) bond motifs is 1. The summed E-state index contributed by atoms with van der Waals surface area (Å²) >= 11 is 0. The molecule has 2 aromatic carbocycles. The molecule has 104 valence electrons. The molecule has 0 radical (unpaired) electrons. The Bertz CT molecular complexity index is 605. The minimum absolute atomic E-state index is 0.856. The van der Waals surface area contributed by atoms with Gasteiger partial charge < -0.3 is 15.8 Å². The fourth-order valence-electron chi connectivity index (χ4n) is 2.80. The van der Waals surface area contributed by atoms with E-state index in [9.17, 15) is 0 Å². The molecule has 1 aliphatic carbocycles. The second-order valence-electron chi connectivity index (χ2n) is 5.23. The summed E-state index contributed by atoms with van der Waals surface area (Å²) in [6.07, 6.45) is 4.77. The summed E-state index contributed by atoms with van der Waals surface area (Å²) in [6.45, 7) is 0. The highest BCUT2D eigenvalue weighted by molar-refractivity contribution is 5.76. The minimum atomic E-state index is 0.856. The van der Waals surface area contributed by atoms with Crippen LogP contribution in [0.5, 0.6) is 5.75 Å². The number of aryl methyl sites for hydroxylation is 1. The van der Waals surface area contributed by atoms with Crippen LogP contribution in [0.25, 0.3) is 0 Å². The smallest absolute Gasteiger partial charge is 0.119 e. The number of benzene rings is 2. The maximum absolute atomic E-state index is 6.32. The Labute approximate surface area is 119 Å². The second-order valence-corrected chi connectivity index (χ2v) is 5.23. The van der Waals surface area contributed by atoms with Crippen molar-refractivity contribution in [2.45, 2.75) is 25.7 Å². The lowest BCUT2D eigenvalue weighted by atomic mass is 9.90. The van der Waals surface area contributed by atoms with Crippen molar-refractivity contribution < 1.29 is 4.74 Å². The Morgan fingerprint density at radius 2 is 1.75 bits per heavy atom. The van der Waals surface area contributed by atoms with Gasteiger partial charge in [-0.2, -0.15) is 0 Å². The average molecular weight is 268 g/mol. The van der Waals surface area contributed by atoms with Gasteiger partial charge in [0.2, 0.25) is 0 Å². The minimum Gasteiger partial charge on any atom is -0.497 e. The van der Waals surface area contributed by atoms with E-state index in [1.54, 1.807) is 7.11 Å². The largest absolute Gasteiger partial charge is 0.497 e. The Hall–Kier alpha value is -2.16. The number of hydrogen-bond donors (Lipinski definition) is 2. The van der Waals surface area contributed by atoms with Crippen molar-refractivity contribution in [3.05, 3.63) is 47.5 Å². The van der Waals surface area contributed by atoms with Crippen LogP contribution in [-0.2, 0) is 12.8 Å². The first-order chi connectivity index (χ1) is 9.78. The third kappa shape index (κ3) is 2.44. The Morgan fingerprint density at radius 1 is 1.00 bits per heavy atom. The molecule has 0 saturated heterocycles. The molecule has 0 unspecified atom stereocenters. The maximum Gasteiger partial charge on any atom is 0.119 e. The number of nitrogens with two attached hydrogens (primary N) is 1. The molecule has 3 N–H and O–H groups in total. The fourth-order valence-corrected chi connectivity index (χ4v) is 2.80. The van der Waals surface area contributed by atoms with E-state index in [0.29, 0.717) is 0 Å². The molecule has 3 rings (SSSR count). The molecule has 0 aromatic heterocycles. The van der Waals surface area contributed by atoms with Crippen molar-refractivity contribution in [1.82, 2.24) is 0 Å². The zero-order valence-corrected chi connectivity index (χ0v) is 11.8. The first-order valence-corrected chi connectivity index (χ1v) is 7.09. The van der Waals surface area contributed by atoms with Gasteiger partial charge in [0.05, 0.1) is 18.5 Å². The SMILES string of the molecule is COc1ccc(Nc2ccc3c(c2N)CCCC3)cc1. The third-order valence-electron chi connectivity index (χ3n) is 3.95. The predicted octanol–water partition coefficient (Wildman–Crippen LogP) is 3.90. The van der Waals surface area contributed by atoms with Crippen LogP contribution in [0.3, 0.4) is 0 Å². The van der Waals surface area contributed by atoms with Crippen molar-refractivity contribution in [3.63, 3.8) is 0 Å². The molecular formula is C17H20N2O. The Morgan fingerprint density at radius 3 is 2.50 bits per heavy atom. The number of methoxy groups -OCH3 is 1. The van der Waals surface area contributed by atoms with E-state index < -0.39 is 0 Å². The van der Waals surface area contributed by atoms with Gasteiger partial charge in [-0.1, -0.05) is 6.07 Å². The first kappa shape index (κ1) is 12.9. The zero-order valence-electron chi connectivity index (χ0n) is 11.8. The van der Waals surface area contributed by atoms with Crippen LogP contribution in [0.2, 0.25) is 0 Å². The van der Waals surface area contributed by atoms with Crippen molar-refractivity contribution in [2.24, 2.45) is 0 Å². The van der Waals surface area contributed by atoms with Crippen molar-refractivity contribution in [1.29, 1.82) is 0 Å². The van der Waals surface area contributed by atoms with Crippen LogP contribution in [-0.4, -0.2) is 7.11 Å². The van der Waals surface area contributed by atoms with E-state index >= 15 is 0 Å². The topological polar surface area (TPSA) is 47.3 Å². The predicted molar refractivity (Wildman–Crippen MR) is 83.8 cm³/mol. The monoisotopic (exact) mass is 268 g/mol. The normalized spacial score (nSPS) is 13.7. The standard InChI is InChI=1S/C17H20N2O/c1-20-14-9-7-13(8-10-14)19-16-11-6-12-4-2-3-5-15(12)17(16)18/h6-11,19H,2-5,18H2,1H3. The second kappa shape index (κ2) is 5.45. The Kier molecular flexibility index (Phi) is 3.50. The Balaban J connectivity index is 1.86. The molecule has 3 nitrogen and oxygen atoms in total. The van der Waals surface area contributed by atoms with Crippen molar-refractivity contribution >= 4 is 17.1 Å². The van der Waals surface area contributed by atoms with Crippen molar-refractivity contribution in [2.75, 3.05) is 18.2 Å². The lowest BCUT2D eigenvalue weighted by Crippen LogP contribution is -2.08. The molecule has 2 aromatic rings. The molecule has 0 spiro atoms. The van der Waals surface area contributed by atoms with E-state index in [4.69, 9.17) is 10.5 Å². The number of hydrogen-bond acceptors (Lipinski definition) is 3. The van der Waals surface area contributed by atoms with Crippen LogP contribution >= 0.6 is 0 Å². The molecule has 20 heavy (non-hydrogen) atoms. The fraction of sp³-hybridized carbons (Fsp3) is 0.294. The van der Waals surface area contributed by atoms with Gasteiger partial charge in [0.25, 0.3) is 0 Å². The molecule has 0 atom stereocenters. The molecule has 0 amide bonds. The highest BCUT2D eigenvalue weighted by atomic mass is 16.5. The maximum atomic E-state index is 6.32. The average Bonchev–Trinajstić information content (AvgIpc) is 2.51. The van der Waals surface area contributed by atoms with E-state index in [0.717, 1.165) is 35.7 Å². The number of anilines is 3. The molecule has 1 aliphatic rings. The summed E-state index contributed by atoms with van der Waals surface area (Å²) in [5.74, 6) is 0.856. The molecule has 0 aliphatic heterocycles. The zero-order chi connectivity index (χ0) is 13.9. The quantitative estimate of drug-likeness (QED) is 0.830. The molecule has 3 heteroatoms. The summed E-state index contributed by atoms with van der Waals surface area (Å²) in [7, 11) is 1.67. The molecule has 0 fully saturated rings. The summed E-state index contributed by atoms with van der Waals surface area (Å²) < 4.78 is 5.17. The lowest BCUT2D eigenvalue weighted by molar-refractivity contribution is 0.415. The van der Waals surface area contributed by atoms with Crippen LogP contribution in [0.15, 0.2) is 36.4 Å².